The van der Waals surface area contributed by atoms with Crippen LogP contribution in [0.5, 0.6) is 0 Å². The van der Waals surface area contributed by atoms with Crippen LogP contribution in [-0.2, 0) is 17.6 Å². The van der Waals surface area contributed by atoms with Gasteiger partial charge in [-0.3, -0.25) is 24.7 Å². The predicted molar refractivity (Wildman–Crippen MR) is 91.5 cm³/mol. The summed E-state index contributed by atoms with van der Waals surface area (Å²) < 4.78 is 0. The first-order valence-corrected chi connectivity index (χ1v) is 7.92. The maximum Gasteiger partial charge on any atom is 0.303 e. The van der Waals surface area contributed by atoms with E-state index < -0.39 is 5.97 Å². The summed E-state index contributed by atoms with van der Waals surface area (Å²) >= 11 is 0. The van der Waals surface area contributed by atoms with E-state index in [1.54, 1.807) is 18.6 Å². The molecule has 0 unspecified atom stereocenters. The Labute approximate surface area is 143 Å². The van der Waals surface area contributed by atoms with Crippen molar-refractivity contribution in [3.63, 3.8) is 0 Å². The number of nitrogens with one attached hydrogen (secondary N) is 3. The summed E-state index contributed by atoms with van der Waals surface area (Å²) in [6.07, 6.45) is 5.77. The molecule has 8 nitrogen and oxygen atoms in total. The van der Waals surface area contributed by atoms with E-state index >= 15 is 0 Å². The molecule has 0 bridgehead atoms. The van der Waals surface area contributed by atoms with Crippen LogP contribution >= 0.6 is 0 Å². The molecule has 0 saturated carbocycles. The number of aliphatic carboxylic acids is 1. The van der Waals surface area contributed by atoms with Crippen molar-refractivity contribution in [2.45, 2.75) is 33.1 Å². The highest BCUT2D eigenvalue weighted by Crippen LogP contribution is 2.24. The smallest absolute Gasteiger partial charge is 0.303 e. The minimum atomic E-state index is -0.815. The fourth-order valence-electron chi connectivity index (χ4n) is 3.01. The summed E-state index contributed by atoms with van der Waals surface area (Å²) in [5.41, 5.74) is 5.36. The quantitative estimate of drug-likeness (QED) is 0.543. The molecule has 3 aromatic heterocycles. The zero-order chi connectivity index (χ0) is 18.0. The predicted octanol–water partition coefficient (Wildman–Crippen LogP) is 1.71. The van der Waals surface area contributed by atoms with Crippen molar-refractivity contribution < 1.29 is 9.90 Å². The molecule has 0 aromatic carbocycles. The molecule has 4 N–H and O–H groups in total. The van der Waals surface area contributed by atoms with Crippen molar-refractivity contribution in [2.75, 3.05) is 0 Å². The Balaban J connectivity index is 1.94. The maximum atomic E-state index is 11.9. The topological polar surface area (TPSA) is 128 Å². The molecule has 0 fully saturated rings. The van der Waals surface area contributed by atoms with E-state index in [2.05, 4.69) is 25.1 Å². The third kappa shape index (κ3) is 3.37. The van der Waals surface area contributed by atoms with Crippen LogP contribution in [-0.4, -0.2) is 36.2 Å². The van der Waals surface area contributed by atoms with Crippen LogP contribution < -0.4 is 5.56 Å². The second-order valence-electron chi connectivity index (χ2n) is 5.91. The Kier molecular flexibility index (Phi) is 4.51. The second-order valence-corrected chi connectivity index (χ2v) is 5.91. The summed E-state index contributed by atoms with van der Waals surface area (Å²) in [6, 6.07) is 0. The zero-order valence-corrected chi connectivity index (χ0v) is 14.0. The van der Waals surface area contributed by atoms with Crippen molar-refractivity contribution in [2.24, 2.45) is 0 Å². The monoisotopic (exact) mass is 341 g/mol. The highest BCUT2D eigenvalue weighted by atomic mass is 16.4. The van der Waals surface area contributed by atoms with Gasteiger partial charge in [-0.2, -0.15) is 0 Å². The van der Waals surface area contributed by atoms with Crippen LogP contribution in [0.2, 0.25) is 0 Å². The lowest BCUT2D eigenvalue weighted by Gasteiger charge is -2.06. The zero-order valence-electron chi connectivity index (χ0n) is 14.0. The van der Waals surface area contributed by atoms with E-state index in [0.29, 0.717) is 29.8 Å². The van der Waals surface area contributed by atoms with Crippen LogP contribution in [0.4, 0.5) is 0 Å². The maximum absolute atomic E-state index is 11.9. The van der Waals surface area contributed by atoms with Gasteiger partial charge in [-0.25, -0.2) is 0 Å². The Hall–Kier alpha value is -3.16. The molecular formula is C17H19N5O3. The Morgan fingerprint density at radius 2 is 2.00 bits per heavy atom. The van der Waals surface area contributed by atoms with E-state index in [1.807, 2.05) is 13.8 Å². The molecule has 0 aliphatic rings. The van der Waals surface area contributed by atoms with E-state index in [9.17, 15) is 9.59 Å². The van der Waals surface area contributed by atoms with Gasteiger partial charge >= 0.3 is 5.97 Å². The number of rotatable bonds is 6. The van der Waals surface area contributed by atoms with Gasteiger partial charge < -0.3 is 15.2 Å². The third-order valence-corrected chi connectivity index (χ3v) is 4.31. The van der Waals surface area contributed by atoms with Gasteiger partial charge in [-0.1, -0.05) is 0 Å². The van der Waals surface area contributed by atoms with Gasteiger partial charge in [0.05, 0.1) is 17.0 Å². The number of carboxylic acid groups (broad SMARTS) is 1. The van der Waals surface area contributed by atoms with Gasteiger partial charge in [0.1, 0.15) is 0 Å². The highest BCUT2D eigenvalue weighted by Gasteiger charge is 2.17. The molecule has 0 aliphatic carbocycles. The molecule has 3 aromatic rings. The molecule has 0 saturated heterocycles. The van der Waals surface area contributed by atoms with Crippen molar-refractivity contribution in [3.05, 3.63) is 57.2 Å². The van der Waals surface area contributed by atoms with Crippen molar-refractivity contribution in [1.82, 2.24) is 25.1 Å². The molecule has 0 atom stereocenters. The first kappa shape index (κ1) is 16.7. The van der Waals surface area contributed by atoms with Crippen molar-refractivity contribution in [3.8, 4) is 11.3 Å². The molecule has 0 aliphatic heterocycles. The highest BCUT2D eigenvalue weighted by molar-refractivity contribution is 5.67. The number of aromatic nitrogens is 5. The fourth-order valence-corrected chi connectivity index (χ4v) is 3.01. The number of aryl methyl sites for hydroxylation is 1. The minimum Gasteiger partial charge on any atom is -0.481 e. The number of carboxylic acids is 1. The molecule has 3 heterocycles. The van der Waals surface area contributed by atoms with Gasteiger partial charge in [0, 0.05) is 42.8 Å². The van der Waals surface area contributed by atoms with Crippen molar-refractivity contribution in [1.29, 1.82) is 0 Å². The molecule has 130 valence electrons. The van der Waals surface area contributed by atoms with Gasteiger partial charge in [0.25, 0.3) is 5.56 Å². The number of hydrogen-bond acceptors (Lipinski definition) is 4. The van der Waals surface area contributed by atoms with E-state index in [4.69, 9.17) is 5.11 Å². The van der Waals surface area contributed by atoms with Gasteiger partial charge in [0.15, 0.2) is 0 Å². The Morgan fingerprint density at radius 1 is 1.24 bits per heavy atom. The van der Waals surface area contributed by atoms with E-state index in [0.717, 1.165) is 22.5 Å². The molecule has 0 radical (unpaired) electrons. The normalized spacial score (nSPS) is 11.0. The lowest BCUT2D eigenvalue weighted by atomic mass is 10.0. The summed E-state index contributed by atoms with van der Waals surface area (Å²) in [6.45, 7) is 3.90. The average molecular weight is 341 g/mol. The number of nitrogens with zero attached hydrogens (tertiary/aromatic N) is 2. The van der Waals surface area contributed by atoms with Crippen LogP contribution in [0.3, 0.4) is 0 Å². The average Bonchev–Trinajstić information content (AvgIpc) is 3.10. The van der Waals surface area contributed by atoms with E-state index in [-0.39, 0.29) is 12.0 Å². The summed E-state index contributed by atoms with van der Waals surface area (Å²) in [7, 11) is 0. The largest absolute Gasteiger partial charge is 0.481 e. The standard InChI is InChI=1S/C17H19N5O3/c1-9-11(3-4-15(23)24)10(2)21-13(9)7-14-16(19-6-5-18-14)12-8-20-22-17(12)25/h5-6,8,21H,3-4,7H2,1-2H3,(H,23,24)(H2,20,22,25). The summed E-state index contributed by atoms with van der Waals surface area (Å²) in [5, 5.41) is 14.1. The first-order chi connectivity index (χ1) is 12.0. The molecule has 8 heteroatoms. The van der Waals surface area contributed by atoms with Crippen LogP contribution in [0.15, 0.2) is 23.4 Å². The SMILES string of the molecule is Cc1[nH]c(Cc2nccnc2-c2c[nH][nH]c2=O)c(C)c1CCC(=O)O. The van der Waals surface area contributed by atoms with Gasteiger partial charge in [0.2, 0.25) is 0 Å². The molecule has 3 rings (SSSR count). The van der Waals surface area contributed by atoms with Crippen LogP contribution in [0, 0.1) is 13.8 Å². The summed E-state index contributed by atoms with van der Waals surface area (Å²) in [5.74, 6) is -0.815. The molecule has 0 amide bonds. The van der Waals surface area contributed by atoms with Gasteiger partial charge in [-0.15, -0.1) is 0 Å². The minimum absolute atomic E-state index is 0.0914. The fraction of sp³-hybridized carbons (Fsp3) is 0.294. The second kappa shape index (κ2) is 6.76. The number of hydrogen-bond donors (Lipinski definition) is 4. The lowest BCUT2D eigenvalue weighted by molar-refractivity contribution is -0.136. The Bertz CT molecular complexity index is 967. The number of carbonyl (C=O) groups is 1. The van der Waals surface area contributed by atoms with Crippen LogP contribution in [0.25, 0.3) is 11.3 Å². The third-order valence-electron chi connectivity index (χ3n) is 4.31. The van der Waals surface area contributed by atoms with Gasteiger partial charge in [-0.05, 0) is 31.4 Å². The molecule has 0 spiro atoms. The Morgan fingerprint density at radius 3 is 2.68 bits per heavy atom. The summed E-state index contributed by atoms with van der Waals surface area (Å²) in [4.78, 5) is 34.7. The number of aromatic amines is 3. The first-order valence-electron chi connectivity index (χ1n) is 7.92. The molecular weight excluding hydrogens is 322 g/mol. The lowest BCUT2D eigenvalue weighted by Crippen LogP contribution is -2.07. The van der Waals surface area contributed by atoms with E-state index in [1.165, 1.54) is 0 Å². The number of H-pyrrole nitrogens is 3. The van der Waals surface area contributed by atoms with Crippen LogP contribution in [0.1, 0.15) is 34.6 Å². The molecule has 25 heavy (non-hydrogen) atoms. The van der Waals surface area contributed by atoms with Crippen molar-refractivity contribution >= 4 is 5.97 Å².